The summed E-state index contributed by atoms with van der Waals surface area (Å²) in [7, 11) is 2.11. The van der Waals surface area contributed by atoms with Crippen LogP contribution < -0.4 is 5.32 Å². The first kappa shape index (κ1) is 19.0. The summed E-state index contributed by atoms with van der Waals surface area (Å²) >= 11 is 3.30. The van der Waals surface area contributed by atoms with Gasteiger partial charge < -0.3 is 10.2 Å². The van der Waals surface area contributed by atoms with E-state index >= 15 is 0 Å². The molecule has 1 heterocycles. The molecule has 0 saturated carbocycles. The second-order valence-electron chi connectivity index (χ2n) is 6.66. The van der Waals surface area contributed by atoms with Crippen molar-refractivity contribution in [3.63, 3.8) is 0 Å². The number of piperazine rings is 1. The first-order valence-electron chi connectivity index (χ1n) is 8.74. The van der Waals surface area contributed by atoms with E-state index in [0.717, 1.165) is 31.7 Å². The van der Waals surface area contributed by atoms with E-state index in [2.05, 4.69) is 38.1 Å². The molecule has 1 amide bonds. The Balaban J connectivity index is 1.77. The van der Waals surface area contributed by atoms with Crippen LogP contribution in [0.1, 0.15) is 22.0 Å². The number of nitrogens with one attached hydrogen (secondary N) is 1. The van der Waals surface area contributed by atoms with Crippen LogP contribution in [0.3, 0.4) is 0 Å². The summed E-state index contributed by atoms with van der Waals surface area (Å²) in [5, 5.41) is 3.02. The maximum Gasteiger partial charge on any atom is 0.254 e. The number of hydrogen-bond donors (Lipinski definition) is 1. The van der Waals surface area contributed by atoms with E-state index < -0.39 is 11.7 Å². The van der Waals surface area contributed by atoms with Gasteiger partial charge in [-0.25, -0.2) is 4.39 Å². The van der Waals surface area contributed by atoms with E-state index in [4.69, 9.17) is 0 Å². The number of hydrogen-bond acceptors (Lipinski definition) is 3. The number of rotatable bonds is 5. The zero-order valence-electron chi connectivity index (χ0n) is 14.8. The van der Waals surface area contributed by atoms with Gasteiger partial charge in [0.15, 0.2) is 0 Å². The van der Waals surface area contributed by atoms with Crippen LogP contribution in [0.5, 0.6) is 0 Å². The second-order valence-corrected chi connectivity index (χ2v) is 7.58. The Labute approximate surface area is 162 Å². The van der Waals surface area contributed by atoms with E-state index in [1.54, 1.807) is 6.07 Å². The van der Waals surface area contributed by atoms with Gasteiger partial charge in [0, 0.05) is 37.2 Å². The molecule has 1 atom stereocenters. The standard InChI is InChI=1S/C20H23BrFN3O/c1-24-9-11-25(12-10-24)14-19(15-5-3-2-4-6-15)23-20(26)17-13-16(21)7-8-18(17)22/h2-8,13,19H,9-12,14H2,1H3,(H,23,26). The lowest BCUT2D eigenvalue weighted by atomic mass is 10.0. The van der Waals surface area contributed by atoms with Crippen LogP contribution in [-0.4, -0.2) is 55.5 Å². The van der Waals surface area contributed by atoms with Gasteiger partial charge in [0.05, 0.1) is 11.6 Å². The summed E-state index contributed by atoms with van der Waals surface area (Å²) in [6.07, 6.45) is 0. The molecule has 4 nitrogen and oxygen atoms in total. The van der Waals surface area contributed by atoms with E-state index in [9.17, 15) is 9.18 Å². The van der Waals surface area contributed by atoms with Crippen molar-refractivity contribution in [1.82, 2.24) is 15.1 Å². The van der Waals surface area contributed by atoms with E-state index in [1.807, 2.05) is 30.3 Å². The molecule has 6 heteroatoms. The molecule has 0 spiro atoms. The number of amides is 1. The Kier molecular flexibility index (Phi) is 6.40. The average molecular weight is 420 g/mol. The molecule has 0 aromatic heterocycles. The van der Waals surface area contributed by atoms with Crippen LogP contribution in [0.25, 0.3) is 0 Å². The Morgan fingerprint density at radius 2 is 1.85 bits per heavy atom. The van der Waals surface area contributed by atoms with Crippen molar-refractivity contribution in [2.75, 3.05) is 39.8 Å². The molecule has 2 aromatic carbocycles. The largest absolute Gasteiger partial charge is 0.344 e. The highest BCUT2D eigenvalue weighted by molar-refractivity contribution is 9.10. The SMILES string of the molecule is CN1CCN(CC(NC(=O)c2cc(Br)ccc2F)c2ccccc2)CC1. The summed E-state index contributed by atoms with van der Waals surface area (Å²) in [6, 6.07) is 14.1. The third kappa shape index (κ3) is 4.90. The Morgan fingerprint density at radius 3 is 2.54 bits per heavy atom. The molecule has 2 aromatic rings. The van der Waals surface area contributed by atoms with Gasteiger partial charge in [-0.2, -0.15) is 0 Å². The van der Waals surface area contributed by atoms with Gasteiger partial charge in [-0.1, -0.05) is 46.3 Å². The fraction of sp³-hybridized carbons (Fsp3) is 0.350. The number of carbonyl (C=O) groups excluding carboxylic acids is 1. The lowest BCUT2D eigenvalue weighted by molar-refractivity contribution is 0.0903. The van der Waals surface area contributed by atoms with Crippen LogP contribution >= 0.6 is 15.9 Å². The maximum atomic E-state index is 14.1. The Hall–Kier alpha value is -1.76. The first-order chi connectivity index (χ1) is 12.5. The number of carbonyl (C=O) groups is 1. The normalized spacial score (nSPS) is 17.0. The molecule has 1 saturated heterocycles. The lowest BCUT2D eigenvalue weighted by Gasteiger charge is -2.35. The van der Waals surface area contributed by atoms with Crippen LogP contribution in [-0.2, 0) is 0 Å². The molecule has 138 valence electrons. The smallest absolute Gasteiger partial charge is 0.254 e. The van der Waals surface area contributed by atoms with Crippen molar-refractivity contribution in [1.29, 1.82) is 0 Å². The molecular formula is C20H23BrFN3O. The number of nitrogens with zero attached hydrogens (tertiary/aromatic N) is 2. The summed E-state index contributed by atoms with van der Waals surface area (Å²) in [6.45, 7) is 4.65. The molecule has 3 rings (SSSR count). The molecule has 0 bridgehead atoms. The minimum Gasteiger partial charge on any atom is -0.344 e. The molecular weight excluding hydrogens is 397 g/mol. The molecule has 1 N–H and O–H groups in total. The van der Waals surface area contributed by atoms with Crippen molar-refractivity contribution in [3.8, 4) is 0 Å². The van der Waals surface area contributed by atoms with Crippen molar-refractivity contribution < 1.29 is 9.18 Å². The van der Waals surface area contributed by atoms with Crippen molar-refractivity contribution >= 4 is 21.8 Å². The molecule has 1 aliphatic rings. The van der Waals surface area contributed by atoms with E-state index in [-0.39, 0.29) is 11.6 Å². The average Bonchev–Trinajstić information content (AvgIpc) is 2.65. The van der Waals surface area contributed by atoms with Crippen LogP contribution in [0.15, 0.2) is 53.0 Å². The van der Waals surface area contributed by atoms with Gasteiger partial charge in [-0.15, -0.1) is 0 Å². The predicted octanol–water partition coefficient (Wildman–Crippen LogP) is 3.31. The van der Waals surface area contributed by atoms with Crippen molar-refractivity contribution in [3.05, 3.63) is 69.9 Å². The monoisotopic (exact) mass is 419 g/mol. The zero-order valence-corrected chi connectivity index (χ0v) is 16.4. The minimum absolute atomic E-state index is 0.0543. The van der Waals surface area contributed by atoms with Gasteiger partial charge in [-0.05, 0) is 30.8 Å². The second kappa shape index (κ2) is 8.75. The quantitative estimate of drug-likeness (QED) is 0.807. The van der Waals surface area contributed by atoms with Gasteiger partial charge in [0.2, 0.25) is 0 Å². The van der Waals surface area contributed by atoms with Gasteiger partial charge in [0.25, 0.3) is 5.91 Å². The Morgan fingerprint density at radius 1 is 1.15 bits per heavy atom. The Bertz CT molecular complexity index is 748. The zero-order chi connectivity index (χ0) is 18.5. The highest BCUT2D eigenvalue weighted by atomic mass is 79.9. The molecule has 0 aliphatic carbocycles. The first-order valence-corrected chi connectivity index (χ1v) is 9.54. The predicted molar refractivity (Wildman–Crippen MR) is 105 cm³/mol. The molecule has 26 heavy (non-hydrogen) atoms. The summed E-state index contributed by atoms with van der Waals surface area (Å²) in [4.78, 5) is 17.3. The molecule has 1 unspecified atom stereocenters. The fourth-order valence-electron chi connectivity index (χ4n) is 3.12. The fourth-order valence-corrected chi connectivity index (χ4v) is 3.48. The number of likely N-dealkylation sites (N-methyl/N-ethyl adjacent to an activating group) is 1. The van der Waals surface area contributed by atoms with Gasteiger partial charge in [0.1, 0.15) is 5.82 Å². The number of benzene rings is 2. The topological polar surface area (TPSA) is 35.6 Å². The van der Waals surface area contributed by atoms with Crippen LogP contribution in [0.4, 0.5) is 4.39 Å². The third-order valence-electron chi connectivity index (χ3n) is 4.72. The molecule has 1 aliphatic heterocycles. The summed E-state index contributed by atoms with van der Waals surface area (Å²) in [5.74, 6) is -0.913. The molecule has 1 fully saturated rings. The minimum atomic E-state index is -0.517. The van der Waals surface area contributed by atoms with Crippen LogP contribution in [0.2, 0.25) is 0 Å². The summed E-state index contributed by atoms with van der Waals surface area (Å²) < 4.78 is 14.8. The summed E-state index contributed by atoms with van der Waals surface area (Å²) in [5.41, 5.74) is 1.08. The lowest BCUT2D eigenvalue weighted by Crippen LogP contribution is -2.47. The maximum absolute atomic E-state index is 14.1. The van der Waals surface area contributed by atoms with Gasteiger partial charge in [-0.3, -0.25) is 9.69 Å². The van der Waals surface area contributed by atoms with E-state index in [0.29, 0.717) is 11.0 Å². The highest BCUT2D eigenvalue weighted by Crippen LogP contribution is 2.19. The highest BCUT2D eigenvalue weighted by Gasteiger charge is 2.22. The molecule has 0 radical (unpaired) electrons. The third-order valence-corrected chi connectivity index (χ3v) is 5.21. The van der Waals surface area contributed by atoms with Gasteiger partial charge >= 0.3 is 0 Å². The number of halogens is 2. The van der Waals surface area contributed by atoms with Crippen LogP contribution in [0, 0.1) is 5.82 Å². The van der Waals surface area contributed by atoms with Crippen molar-refractivity contribution in [2.45, 2.75) is 6.04 Å². The van der Waals surface area contributed by atoms with Crippen molar-refractivity contribution in [2.24, 2.45) is 0 Å². The van der Waals surface area contributed by atoms with E-state index in [1.165, 1.54) is 12.1 Å².